The van der Waals surface area contributed by atoms with Crippen LogP contribution in [0.25, 0.3) is 0 Å². The van der Waals surface area contributed by atoms with Gasteiger partial charge in [0.05, 0.1) is 23.4 Å². The number of sulfonamides is 1. The van der Waals surface area contributed by atoms with E-state index >= 15 is 0 Å². The van der Waals surface area contributed by atoms with Crippen LogP contribution in [-0.4, -0.2) is 64.5 Å². The lowest BCUT2D eigenvalue weighted by molar-refractivity contribution is -0.0960. The molecule has 1 aliphatic heterocycles. The number of aryl methyl sites for hydroxylation is 1. The number of hydrogen-bond donors (Lipinski definition) is 1. The van der Waals surface area contributed by atoms with Crippen LogP contribution in [0.4, 0.5) is 0 Å². The lowest BCUT2D eigenvalue weighted by Crippen LogP contribution is -2.40. The van der Waals surface area contributed by atoms with Crippen LogP contribution in [0.5, 0.6) is 0 Å². The highest BCUT2D eigenvalue weighted by Crippen LogP contribution is 2.23. The van der Waals surface area contributed by atoms with Gasteiger partial charge in [-0.1, -0.05) is 11.6 Å². The van der Waals surface area contributed by atoms with E-state index in [1.165, 1.54) is 14.2 Å². The normalized spacial score (nSPS) is 14.6. The first-order chi connectivity index (χ1) is 11.3. The Morgan fingerprint density at radius 2 is 1.75 bits per heavy atom. The number of imide groups is 1. The zero-order valence-corrected chi connectivity index (χ0v) is 14.6. The molecule has 1 aromatic rings. The fourth-order valence-corrected chi connectivity index (χ4v) is 3.31. The van der Waals surface area contributed by atoms with Crippen molar-refractivity contribution in [2.24, 2.45) is 0 Å². The molecule has 0 unspecified atom stereocenters. The highest BCUT2D eigenvalue weighted by molar-refractivity contribution is 7.89. The van der Waals surface area contributed by atoms with E-state index in [0.717, 1.165) is 10.5 Å². The number of methoxy groups -OCH3 is 2. The minimum absolute atomic E-state index is 0.0589. The molecule has 8 nitrogen and oxygen atoms in total. The SMILES string of the molecule is COC(CNS(=O)(=O)CCN1C(=O)c2ccc(C)cc2C1=O)OC. The summed E-state index contributed by atoms with van der Waals surface area (Å²) >= 11 is 0. The molecule has 0 bridgehead atoms. The summed E-state index contributed by atoms with van der Waals surface area (Å²) in [6, 6.07) is 4.95. The third-order valence-electron chi connectivity index (χ3n) is 3.71. The van der Waals surface area contributed by atoms with E-state index in [0.29, 0.717) is 11.1 Å². The molecule has 0 aliphatic carbocycles. The van der Waals surface area contributed by atoms with Crippen LogP contribution in [-0.2, 0) is 19.5 Å². The van der Waals surface area contributed by atoms with Gasteiger partial charge in [-0.2, -0.15) is 0 Å². The van der Waals surface area contributed by atoms with Crippen LogP contribution in [0, 0.1) is 6.92 Å². The molecule has 2 amide bonds. The van der Waals surface area contributed by atoms with Gasteiger partial charge in [0.2, 0.25) is 10.0 Å². The number of ether oxygens (including phenoxy) is 2. The number of carbonyl (C=O) groups is 2. The fraction of sp³-hybridized carbons (Fsp3) is 0.467. The summed E-state index contributed by atoms with van der Waals surface area (Å²) < 4.78 is 36.1. The smallest absolute Gasteiger partial charge is 0.261 e. The maximum absolute atomic E-state index is 12.3. The number of rotatable bonds is 8. The van der Waals surface area contributed by atoms with Crippen molar-refractivity contribution in [3.8, 4) is 0 Å². The second-order valence-electron chi connectivity index (χ2n) is 5.38. The molecule has 0 saturated heterocycles. The zero-order valence-electron chi connectivity index (χ0n) is 13.7. The van der Waals surface area contributed by atoms with Gasteiger partial charge in [0, 0.05) is 20.8 Å². The molecule has 2 rings (SSSR count). The number of benzene rings is 1. The van der Waals surface area contributed by atoms with E-state index in [-0.39, 0.29) is 13.1 Å². The Labute approximate surface area is 140 Å². The second-order valence-corrected chi connectivity index (χ2v) is 7.31. The average molecular weight is 356 g/mol. The molecule has 1 heterocycles. The third kappa shape index (κ3) is 3.99. The van der Waals surface area contributed by atoms with E-state index in [4.69, 9.17) is 9.47 Å². The minimum atomic E-state index is -3.68. The summed E-state index contributed by atoms with van der Waals surface area (Å²) in [5, 5.41) is 0. The molecule has 9 heteroatoms. The molecule has 1 N–H and O–H groups in total. The number of nitrogens with zero attached hydrogens (tertiary/aromatic N) is 1. The van der Waals surface area contributed by atoms with E-state index < -0.39 is 33.9 Å². The second kappa shape index (κ2) is 7.39. The largest absolute Gasteiger partial charge is 0.355 e. The van der Waals surface area contributed by atoms with Gasteiger partial charge in [0.15, 0.2) is 6.29 Å². The van der Waals surface area contributed by atoms with Crippen LogP contribution in [0.2, 0.25) is 0 Å². The Hall–Kier alpha value is -1.81. The Balaban J connectivity index is 2.00. The van der Waals surface area contributed by atoms with Crippen molar-refractivity contribution >= 4 is 21.8 Å². The molecule has 132 valence electrons. The van der Waals surface area contributed by atoms with Crippen molar-refractivity contribution in [2.75, 3.05) is 33.1 Å². The first kappa shape index (κ1) is 18.5. The summed E-state index contributed by atoms with van der Waals surface area (Å²) in [6.45, 7) is 1.54. The molecule has 0 radical (unpaired) electrons. The highest BCUT2D eigenvalue weighted by atomic mass is 32.2. The summed E-state index contributed by atoms with van der Waals surface area (Å²) in [4.78, 5) is 25.5. The van der Waals surface area contributed by atoms with Crippen molar-refractivity contribution in [1.29, 1.82) is 0 Å². The first-order valence-electron chi connectivity index (χ1n) is 7.29. The molecule has 0 aromatic heterocycles. The van der Waals surface area contributed by atoms with E-state index in [1.54, 1.807) is 18.2 Å². The molecule has 0 atom stereocenters. The molecule has 0 fully saturated rings. The highest BCUT2D eigenvalue weighted by Gasteiger charge is 2.35. The van der Waals surface area contributed by atoms with E-state index in [2.05, 4.69) is 4.72 Å². The van der Waals surface area contributed by atoms with Gasteiger partial charge in [-0.15, -0.1) is 0 Å². The van der Waals surface area contributed by atoms with Crippen LogP contribution >= 0.6 is 0 Å². The Bertz CT molecular complexity index is 742. The van der Waals surface area contributed by atoms with Gasteiger partial charge in [-0.3, -0.25) is 14.5 Å². The van der Waals surface area contributed by atoms with Gasteiger partial charge in [0.1, 0.15) is 0 Å². The van der Waals surface area contributed by atoms with Gasteiger partial charge >= 0.3 is 0 Å². The van der Waals surface area contributed by atoms with Crippen LogP contribution in [0.3, 0.4) is 0 Å². The third-order valence-corrected chi connectivity index (χ3v) is 5.03. The van der Waals surface area contributed by atoms with Gasteiger partial charge < -0.3 is 9.47 Å². The zero-order chi connectivity index (χ0) is 17.9. The van der Waals surface area contributed by atoms with Crippen molar-refractivity contribution < 1.29 is 27.5 Å². The Kier molecular flexibility index (Phi) is 5.70. The van der Waals surface area contributed by atoms with Crippen molar-refractivity contribution in [3.05, 3.63) is 34.9 Å². The van der Waals surface area contributed by atoms with E-state index in [1.807, 2.05) is 6.92 Å². The predicted molar refractivity (Wildman–Crippen MR) is 86.1 cm³/mol. The van der Waals surface area contributed by atoms with Crippen molar-refractivity contribution in [3.63, 3.8) is 0 Å². The molecule has 1 aromatic carbocycles. The molecule has 1 aliphatic rings. The summed E-state index contributed by atoms with van der Waals surface area (Å²) in [5.74, 6) is -1.34. The maximum Gasteiger partial charge on any atom is 0.261 e. The van der Waals surface area contributed by atoms with Gasteiger partial charge in [-0.25, -0.2) is 13.1 Å². The van der Waals surface area contributed by atoms with Gasteiger partial charge in [-0.05, 0) is 19.1 Å². The van der Waals surface area contributed by atoms with Crippen LogP contribution in [0.1, 0.15) is 26.3 Å². The van der Waals surface area contributed by atoms with Gasteiger partial charge in [0.25, 0.3) is 11.8 Å². The molecule has 0 spiro atoms. The molecule has 0 saturated carbocycles. The average Bonchev–Trinajstić information content (AvgIpc) is 2.77. The Morgan fingerprint density at radius 1 is 1.12 bits per heavy atom. The Morgan fingerprint density at radius 3 is 2.38 bits per heavy atom. The lowest BCUT2D eigenvalue weighted by atomic mass is 10.1. The fourth-order valence-electron chi connectivity index (χ4n) is 2.35. The quantitative estimate of drug-likeness (QED) is 0.525. The minimum Gasteiger partial charge on any atom is -0.355 e. The standard InChI is InChI=1S/C15H20N2O6S/c1-10-4-5-11-12(8-10)15(19)17(14(11)18)6-7-24(20,21)16-9-13(22-2)23-3/h4-5,8,13,16H,6-7,9H2,1-3H3. The van der Waals surface area contributed by atoms with Crippen molar-refractivity contribution in [1.82, 2.24) is 9.62 Å². The molecular weight excluding hydrogens is 336 g/mol. The lowest BCUT2D eigenvalue weighted by Gasteiger charge is -2.16. The number of fused-ring (bicyclic) bond motifs is 1. The summed E-state index contributed by atoms with van der Waals surface area (Å²) in [6.07, 6.45) is -0.706. The number of carbonyl (C=O) groups excluding carboxylic acids is 2. The van der Waals surface area contributed by atoms with Crippen LogP contribution in [0.15, 0.2) is 18.2 Å². The number of hydrogen-bond acceptors (Lipinski definition) is 6. The predicted octanol–water partition coefficient (Wildman–Crippen LogP) is 0.129. The topological polar surface area (TPSA) is 102 Å². The summed E-state index contributed by atoms with van der Waals surface area (Å²) in [7, 11) is -0.899. The maximum atomic E-state index is 12.3. The molecular formula is C15H20N2O6S. The van der Waals surface area contributed by atoms with Crippen molar-refractivity contribution in [2.45, 2.75) is 13.2 Å². The number of amides is 2. The first-order valence-corrected chi connectivity index (χ1v) is 8.94. The monoisotopic (exact) mass is 356 g/mol. The number of nitrogens with one attached hydrogen (secondary N) is 1. The van der Waals surface area contributed by atoms with Crippen LogP contribution < -0.4 is 4.72 Å². The van der Waals surface area contributed by atoms with E-state index in [9.17, 15) is 18.0 Å². The summed E-state index contributed by atoms with van der Waals surface area (Å²) in [5.41, 5.74) is 1.47. The molecule has 24 heavy (non-hydrogen) atoms.